The summed E-state index contributed by atoms with van der Waals surface area (Å²) in [6, 6.07) is 51.4. The van der Waals surface area contributed by atoms with Crippen LogP contribution in [-0.4, -0.2) is 29.1 Å². The summed E-state index contributed by atoms with van der Waals surface area (Å²) in [5.74, 6) is 1.21. The molecule has 0 N–H and O–H groups in total. The molecule has 0 aliphatic heterocycles. The van der Waals surface area contributed by atoms with Gasteiger partial charge >= 0.3 is 0 Å². The maximum atomic E-state index is 5.10. The first-order valence-electron chi connectivity index (χ1n) is 16.9. The van der Waals surface area contributed by atoms with E-state index in [1.54, 1.807) is 6.33 Å². The number of hydrogen-bond acceptors (Lipinski definition) is 5. The second kappa shape index (κ2) is 10.9. The van der Waals surface area contributed by atoms with Gasteiger partial charge in [0.25, 0.3) is 0 Å². The van der Waals surface area contributed by atoms with Gasteiger partial charge in [0.2, 0.25) is 5.95 Å². The molecule has 51 heavy (non-hydrogen) atoms. The van der Waals surface area contributed by atoms with Crippen LogP contribution in [0.4, 0.5) is 0 Å². The largest absolute Gasteiger partial charge is 0.294 e. The Hall–Kier alpha value is -6.70. The molecule has 0 spiro atoms. The zero-order chi connectivity index (χ0) is 33.5. The molecule has 0 aliphatic rings. The van der Waals surface area contributed by atoms with E-state index in [1.165, 1.54) is 31.1 Å². The number of benzene rings is 6. The second-order valence-corrected chi connectivity index (χ2v) is 13.8. The average molecular weight is 671 g/mol. The van der Waals surface area contributed by atoms with Crippen LogP contribution in [0.1, 0.15) is 0 Å². The predicted molar refractivity (Wildman–Crippen MR) is 210 cm³/mol. The number of hydrogen-bond donors (Lipinski definition) is 0. The fourth-order valence-corrected chi connectivity index (χ4v) is 8.95. The van der Waals surface area contributed by atoms with Crippen molar-refractivity contribution >= 4 is 75.3 Å². The van der Waals surface area contributed by atoms with Crippen molar-refractivity contribution in [3.63, 3.8) is 0 Å². The highest BCUT2D eigenvalue weighted by molar-refractivity contribution is 7.26. The SMILES string of the molecule is c1cc(-c2ncnc(-n3c4ccccc4c4cc(-n5c6ccccc6c6cccnc65)ccc43)n2)cc(-c2cccc3c2sc2ccccc23)c1. The van der Waals surface area contributed by atoms with E-state index in [4.69, 9.17) is 15.0 Å². The molecule has 6 nitrogen and oxygen atoms in total. The van der Waals surface area contributed by atoms with Crippen molar-refractivity contribution in [2.75, 3.05) is 0 Å². The van der Waals surface area contributed by atoms with Gasteiger partial charge in [0.1, 0.15) is 12.0 Å². The lowest BCUT2D eigenvalue weighted by molar-refractivity contribution is 0.946. The highest BCUT2D eigenvalue weighted by Gasteiger charge is 2.19. The number of pyridine rings is 1. The van der Waals surface area contributed by atoms with Gasteiger partial charge in [-0.15, -0.1) is 11.3 Å². The van der Waals surface area contributed by atoms with Gasteiger partial charge < -0.3 is 0 Å². The fraction of sp³-hybridized carbons (Fsp3) is 0. The topological polar surface area (TPSA) is 61.4 Å². The highest BCUT2D eigenvalue weighted by Crippen LogP contribution is 2.41. The first kappa shape index (κ1) is 28.2. The first-order valence-corrected chi connectivity index (χ1v) is 17.7. The molecule has 11 aromatic rings. The van der Waals surface area contributed by atoms with Gasteiger partial charge in [-0.25, -0.2) is 15.0 Å². The third kappa shape index (κ3) is 4.22. The average Bonchev–Trinajstić information content (AvgIpc) is 3.86. The van der Waals surface area contributed by atoms with E-state index < -0.39 is 0 Å². The molecule has 0 aliphatic carbocycles. The smallest absolute Gasteiger partial charge is 0.238 e. The van der Waals surface area contributed by atoms with Crippen molar-refractivity contribution < 1.29 is 0 Å². The summed E-state index contributed by atoms with van der Waals surface area (Å²) in [7, 11) is 0. The standard InChI is InChI=1S/C44H26N6S/c1-4-18-37-31(12-1)35-17-9-23-45-43(35)49(37)29-21-22-39-36(25-29)32-13-2-5-19-38(32)50(39)44-47-26-46-42(48-44)28-11-7-10-27(24-28)30-15-8-16-34-33-14-3-6-20-40(33)51-41(30)34/h1-26H. The molecule has 5 aromatic heterocycles. The molecule has 0 saturated carbocycles. The molecular formula is C44H26N6S. The summed E-state index contributed by atoms with van der Waals surface area (Å²) in [6.45, 7) is 0. The number of fused-ring (bicyclic) bond motifs is 9. The minimum atomic E-state index is 0.578. The molecule has 0 fully saturated rings. The normalized spacial score (nSPS) is 11.9. The van der Waals surface area contributed by atoms with E-state index in [2.05, 4.69) is 154 Å². The summed E-state index contributed by atoms with van der Waals surface area (Å²) in [6.07, 6.45) is 3.48. The molecule has 6 aromatic carbocycles. The third-order valence-corrected chi connectivity index (χ3v) is 11.2. The molecule has 0 amide bonds. The van der Waals surface area contributed by atoms with E-state index in [1.807, 2.05) is 23.6 Å². The number of aromatic nitrogens is 6. The number of rotatable bonds is 4. The van der Waals surface area contributed by atoms with Crippen LogP contribution < -0.4 is 0 Å². The van der Waals surface area contributed by atoms with Gasteiger partial charge in [0.15, 0.2) is 5.82 Å². The molecule has 0 radical (unpaired) electrons. The predicted octanol–water partition coefficient (Wildman–Crippen LogP) is 11.2. The Morgan fingerprint density at radius 1 is 0.471 bits per heavy atom. The zero-order valence-electron chi connectivity index (χ0n) is 27.1. The van der Waals surface area contributed by atoms with Gasteiger partial charge in [-0.3, -0.25) is 9.13 Å². The van der Waals surface area contributed by atoms with Crippen LogP contribution in [0.5, 0.6) is 0 Å². The third-order valence-electron chi connectivity index (χ3n) is 9.94. The Balaban J connectivity index is 1.06. The fourth-order valence-electron chi connectivity index (χ4n) is 7.71. The first-order chi connectivity index (χ1) is 25.3. The second-order valence-electron chi connectivity index (χ2n) is 12.8. The van der Waals surface area contributed by atoms with Crippen molar-refractivity contribution in [2.24, 2.45) is 0 Å². The van der Waals surface area contributed by atoms with E-state index in [0.717, 1.165) is 55.2 Å². The number of para-hydroxylation sites is 2. The Kier molecular flexibility index (Phi) is 6.02. The minimum absolute atomic E-state index is 0.578. The quantitative estimate of drug-likeness (QED) is 0.187. The van der Waals surface area contributed by atoms with Crippen molar-refractivity contribution in [1.29, 1.82) is 0 Å². The van der Waals surface area contributed by atoms with Crippen LogP contribution in [-0.2, 0) is 0 Å². The molecule has 0 saturated heterocycles. The highest BCUT2D eigenvalue weighted by atomic mass is 32.1. The van der Waals surface area contributed by atoms with Crippen LogP contribution in [0, 0.1) is 0 Å². The monoisotopic (exact) mass is 670 g/mol. The van der Waals surface area contributed by atoms with Crippen LogP contribution in [0.2, 0.25) is 0 Å². The lowest BCUT2D eigenvalue weighted by Gasteiger charge is -2.10. The Morgan fingerprint density at radius 2 is 1.18 bits per heavy atom. The summed E-state index contributed by atoms with van der Waals surface area (Å²) in [5.41, 5.74) is 8.46. The van der Waals surface area contributed by atoms with Crippen molar-refractivity contribution in [2.45, 2.75) is 0 Å². The lowest BCUT2D eigenvalue weighted by Crippen LogP contribution is -2.03. The molecule has 0 bridgehead atoms. The van der Waals surface area contributed by atoms with Crippen LogP contribution in [0.25, 0.3) is 98.1 Å². The van der Waals surface area contributed by atoms with Crippen LogP contribution in [0.15, 0.2) is 158 Å². The maximum absolute atomic E-state index is 5.10. The van der Waals surface area contributed by atoms with E-state index in [-0.39, 0.29) is 0 Å². The molecule has 0 atom stereocenters. The minimum Gasteiger partial charge on any atom is -0.294 e. The van der Waals surface area contributed by atoms with Gasteiger partial charge in [0, 0.05) is 59.2 Å². The van der Waals surface area contributed by atoms with Crippen LogP contribution in [0.3, 0.4) is 0 Å². The molecule has 11 rings (SSSR count). The van der Waals surface area contributed by atoms with Gasteiger partial charge in [-0.2, -0.15) is 4.98 Å². The molecule has 0 unspecified atom stereocenters. The summed E-state index contributed by atoms with van der Waals surface area (Å²) < 4.78 is 6.98. The summed E-state index contributed by atoms with van der Waals surface area (Å²) >= 11 is 1.84. The van der Waals surface area contributed by atoms with E-state index in [0.29, 0.717) is 11.8 Å². The number of nitrogens with zero attached hydrogens (tertiary/aromatic N) is 6. The van der Waals surface area contributed by atoms with Crippen molar-refractivity contribution in [3.8, 4) is 34.2 Å². The summed E-state index contributed by atoms with van der Waals surface area (Å²) in [5, 5.41) is 7.14. The Bertz CT molecular complexity index is 3110. The van der Waals surface area contributed by atoms with Crippen molar-refractivity contribution in [3.05, 3.63) is 158 Å². The molecule has 238 valence electrons. The van der Waals surface area contributed by atoms with Gasteiger partial charge in [0.05, 0.1) is 16.6 Å². The van der Waals surface area contributed by atoms with Gasteiger partial charge in [-0.1, -0.05) is 91.0 Å². The van der Waals surface area contributed by atoms with Gasteiger partial charge in [-0.05, 0) is 65.7 Å². The van der Waals surface area contributed by atoms with Crippen LogP contribution >= 0.6 is 11.3 Å². The number of thiophene rings is 1. The Morgan fingerprint density at radius 3 is 2.08 bits per heavy atom. The molecule has 5 heterocycles. The molecule has 7 heteroatoms. The molecular weight excluding hydrogens is 645 g/mol. The zero-order valence-corrected chi connectivity index (χ0v) is 27.9. The summed E-state index contributed by atoms with van der Waals surface area (Å²) in [4.78, 5) is 19.3. The maximum Gasteiger partial charge on any atom is 0.238 e. The van der Waals surface area contributed by atoms with Crippen molar-refractivity contribution in [1.82, 2.24) is 29.1 Å². The Labute approximate surface area is 295 Å². The van der Waals surface area contributed by atoms with E-state index in [9.17, 15) is 0 Å². The lowest BCUT2D eigenvalue weighted by atomic mass is 10.0. The van der Waals surface area contributed by atoms with E-state index >= 15 is 0 Å².